The molecule has 18 heavy (non-hydrogen) atoms. The van der Waals surface area contributed by atoms with E-state index in [9.17, 15) is 4.79 Å². The van der Waals surface area contributed by atoms with Crippen LogP contribution in [0.25, 0.3) is 0 Å². The third kappa shape index (κ3) is 3.81. The molecular formula is C14H20N2O2. The summed E-state index contributed by atoms with van der Waals surface area (Å²) in [6.45, 7) is 1.64. The van der Waals surface area contributed by atoms with Gasteiger partial charge in [-0.2, -0.15) is 0 Å². The third-order valence-electron chi connectivity index (χ3n) is 3.54. The Labute approximate surface area is 107 Å². The molecular weight excluding hydrogens is 228 g/mol. The quantitative estimate of drug-likeness (QED) is 0.759. The van der Waals surface area contributed by atoms with Crippen LogP contribution in [-0.2, 0) is 6.54 Å². The Kier molecular flexibility index (Phi) is 4.70. The van der Waals surface area contributed by atoms with Crippen molar-refractivity contribution in [3.63, 3.8) is 0 Å². The van der Waals surface area contributed by atoms with E-state index in [-0.39, 0.29) is 5.69 Å². The van der Waals surface area contributed by atoms with Gasteiger partial charge in [0.1, 0.15) is 5.69 Å². The molecule has 0 saturated heterocycles. The number of hydrogen-bond donors (Lipinski definition) is 2. The van der Waals surface area contributed by atoms with Crippen molar-refractivity contribution in [3.8, 4) is 0 Å². The van der Waals surface area contributed by atoms with Crippen LogP contribution in [-0.4, -0.2) is 22.6 Å². The van der Waals surface area contributed by atoms with Crippen LogP contribution in [0.3, 0.4) is 0 Å². The van der Waals surface area contributed by atoms with E-state index in [0.29, 0.717) is 6.54 Å². The summed E-state index contributed by atoms with van der Waals surface area (Å²) in [5.41, 5.74) is 0.909. The van der Waals surface area contributed by atoms with Crippen molar-refractivity contribution in [2.24, 2.45) is 5.92 Å². The molecule has 0 aliphatic heterocycles. The zero-order chi connectivity index (χ0) is 12.8. The van der Waals surface area contributed by atoms with E-state index < -0.39 is 5.97 Å². The lowest BCUT2D eigenvalue weighted by atomic mass is 10.0. The number of rotatable bonds is 6. The van der Waals surface area contributed by atoms with Crippen molar-refractivity contribution >= 4 is 5.97 Å². The van der Waals surface area contributed by atoms with Gasteiger partial charge in [0, 0.05) is 6.54 Å². The summed E-state index contributed by atoms with van der Waals surface area (Å²) >= 11 is 0. The van der Waals surface area contributed by atoms with Gasteiger partial charge in [0.2, 0.25) is 0 Å². The molecule has 0 bridgehead atoms. The first-order chi connectivity index (χ1) is 8.75. The molecule has 0 amide bonds. The summed E-state index contributed by atoms with van der Waals surface area (Å²) in [6, 6.07) is 5.11. The molecule has 1 heterocycles. The maximum atomic E-state index is 10.8. The number of aromatic nitrogens is 1. The van der Waals surface area contributed by atoms with Gasteiger partial charge in [0.15, 0.2) is 0 Å². The first kappa shape index (κ1) is 13.0. The first-order valence-electron chi connectivity index (χ1n) is 6.65. The van der Waals surface area contributed by atoms with Crippen LogP contribution in [0.4, 0.5) is 0 Å². The molecule has 0 unspecified atom stereocenters. The monoisotopic (exact) mass is 248 g/mol. The smallest absolute Gasteiger partial charge is 0.354 e. The predicted octanol–water partition coefficient (Wildman–Crippen LogP) is 2.45. The lowest BCUT2D eigenvalue weighted by Gasteiger charge is -2.09. The van der Waals surface area contributed by atoms with Crippen molar-refractivity contribution in [3.05, 3.63) is 29.6 Å². The molecule has 2 rings (SSSR count). The van der Waals surface area contributed by atoms with Crippen molar-refractivity contribution in [1.29, 1.82) is 0 Å². The molecule has 4 nitrogen and oxygen atoms in total. The van der Waals surface area contributed by atoms with E-state index in [1.165, 1.54) is 38.2 Å². The van der Waals surface area contributed by atoms with E-state index in [1.807, 2.05) is 6.07 Å². The SMILES string of the molecule is O=C(O)c1cccc(CNCCC2CCCC2)n1. The molecule has 1 saturated carbocycles. The Morgan fingerprint density at radius 1 is 1.39 bits per heavy atom. The van der Waals surface area contributed by atoms with Gasteiger partial charge in [-0.25, -0.2) is 9.78 Å². The first-order valence-corrected chi connectivity index (χ1v) is 6.65. The number of carboxylic acids is 1. The lowest BCUT2D eigenvalue weighted by Crippen LogP contribution is -2.18. The van der Waals surface area contributed by atoms with Crippen LogP contribution in [0.1, 0.15) is 48.3 Å². The number of aromatic carboxylic acids is 1. The van der Waals surface area contributed by atoms with Gasteiger partial charge in [-0.05, 0) is 31.0 Å². The molecule has 1 aliphatic carbocycles. The number of nitrogens with zero attached hydrogens (tertiary/aromatic N) is 1. The zero-order valence-electron chi connectivity index (χ0n) is 10.6. The Hall–Kier alpha value is -1.42. The van der Waals surface area contributed by atoms with E-state index in [0.717, 1.165) is 18.2 Å². The topological polar surface area (TPSA) is 62.2 Å². The zero-order valence-corrected chi connectivity index (χ0v) is 10.6. The highest BCUT2D eigenvalue weighted by Crippen LogP contribution is 2.26. The minimum Gasteiger partial charge on any atom is -0.477 e. The average molecular weight is 248 g/mol. The molecule has 4 heteroatoms. The van der Waals surface area contributed by atoms with E-state index in [4.69, 9.17) is 5.11 Å². The summed E-state index contributed by atoms with van der Waals surface area (Å²) in [4.78, 5) is 14.9. The van der Waals surface area contributed by atoms with Crippen molar-refractivity contribution < 1.29 is 9.90 Å². The summed E-state index contributed by atoms with van der Waals surface area (Å²) in [5, 5.41) is 12.2. The summed E-state index contributed by atoms with van der Waals surface area (Å²) in [5.74, 6) is -0.0846. The van der Waals surface area contributed by atoms with Gasteiger partial charge < -0.3 is 10.4 Å². The van der Waals surface area contributed by atoms with Crippen LogP contribution in [0.5, 0.6) is 0 Å². The third-order valence-corrected chi connectivity index (χ3v) is 3.54. The minimum atomic E-state index is -0.970. The highest BCUT2D eigenvalue weighted by Gasteiger charge is 2.13. The van der Waals surface area contributed by atoms with Crippen molar-refractivity contribution in [2.45, 2.75) is 38.6 Å². The Bertz CT molecular complexity index is 401. The fourth-order valence-corrected chi connectivity index (χ4v) is 2.52. The highest BCUT2D eigenvalue weighted by atomic mass is 16.4. The van der Waals surface area contributed by atoms with Gasteiger partial charge in [0.25, 0.3) is 0 Å². The average Bonchev–Trinajstić information content (AvgIpc) is 2.88. The van der Waals surface area contributed by atoms with Crippen LogP contribution in [0.15, 0.2) is 18.2 Å². The molecule has 1 aliphatic rings. The molecule has 0 atom stereocenters. The molecule has 1 aromatic heterocycles. The summed E-state index contributed by atoms with van der Waals surface area (Å²) < 4.78 is 0. The fourth-order valence-electron chi connectivity index (χ4n) is 2.52. The van der Waals surface area contributed by atoms with Gasteiger partial charge in [-0.1, -0.05) is 31.7 Å². The predicted molar refractivity (Wildman–Crippen MR) is 69.5 cm³/mol. The number of carboxylic acid groups (broad SMARTS) is 1. The lowest BCUT2D eigenvalue weighted by molar-refractivity contribution is 0.0690. The summed E-state index contributed by atoms with van der Waals surface area (Å²) in [6.07, 6.45) is 6.72. The fraction of sp³-hybridized carbons (Fsp3) is 0.571. The minimum absolute atomic E-state index is 0.116. The standard InChI is InChI=1S/C14H20N2O2/c17-14(18)13-7-3-6-12(16-13)10-15-9-8-11-4-1-2-5-11/h3,6-7,11,15H,1-2,4-5,8-10H2,(H,17,18). The second kappa shape index (κ2) is 6.50. The van der Waals surface area contributed by atoms with Crippen molar-refractivity contribution in [2.75, 3.05) is 6.54 Å². The van der Waals surface area contributed by atoms with E-state index in [2.05, 4.69) is 10.3 Å². The van der Waals surface area contributed by atoms with Gasteiger partial charge in [-0.3, -0.25) is 0 Å². The van der Waals surface area contributed by atoms with E-state index >= 15 is 0 Å². The Morgan fingerprint density at radius 2 is 2.17 bits per heavy atom. The highest BCUT2D eigenvalue weighted by molar-refractivity contribution is 5.85. The molecule has 0 radical (unpaired) electrons. The molecule has 98 valence electrons. The largest absolute Gasteiger partial charge is 0.477 e. The van der Waals surface area contributed by atoms with Crippen LogP contribution in [0.2, 0.25) is 0 Å². The molecule has 2 N–H and O–H groups in total. The molecule has 0 spiro atoms. The second-order valence-corrected chi connectivity index (χ2v) is 4.94. The Morgan fingerprint density at radius 3 is 2.89 bits per heavy atom. The molecule has 1 aromatic rings. The van der Waals surface area contributed by atoms with Crippen LogP contribution >= 0.6 is 0 Å². The number of carbonyl (C=O) groups is 1. The Balaban J connectivity index is 1.72. The number of hydrogen-bond acceptors (Lipinski definition) is 3. The number of pyridine rings is 1. The van der Waals surface area contributed by atoms with Gasteiger partial charge in [-0.15, -0.1) is 0 Å². The second-order valence-electron chi connectivity index (χ2n) is 4.94. The van der Waals surface area contributed by atoms with Crippen molar-refractivity contribution in [1.82, 2.24) is 10.3 Å². The molecule has 1 fully saturated rings. The molecule has 0 aromatic carbocycles. The maximum Gasteiger partial charge on any atom is 0.354 e. The number of nitrogens with one attached hydrogen (secondary N) is 1. The van der Waals surface area contributed by atoms with Gasteiger partial charge >= 0.3 is 5.97 Å². The summed E-state index contributed by atoms with van der Waals surface area (Å²) in [7, 11) is 0. The van der Waals surface area contributed by atoms with Crippen LogP contribution in [0, 0.1) is 5.92 Å². The van der Waals surface area contributed by atoms with E-state index in [1.54, 1.807) is 6.07 Å². The normalized spacial score (nSPS) is 16.0. The van der Waals surface area contributed by atoms with Gasteiger partial charge in [0.05, 0.1) is 5.69 Å². The maximum absolute atomic E-state index is 10.8. The van der Waals surface area contributed by atoms with Crippen LogP contribution < -0.4 is 5.32 Å².